The van der Waals surface area contributed by atoms with Gasteiger partial charge in [-0.1, -0.05) is 6.07 Å². The Morgan fingerprint density at radius 2 is 2.00 bits per heavy atom. The van der Waals surface area contributed by atoms with Crippen molar-refractivity contribution in [3.63, 3.8) is 0 Å². The van der Waals surface area contributed by atoms with Crippen LogP contribution in [0.3, 0.4) is 0 Å². The number of nitrogens with zero attached hydrogens (tertiary/aromatic N) is 1. The summed E-state index contributed by atoms with van der Waals surface area (Å²) < 4.78 is 0. The molecule has 0 N–H and O–H groups in total. The molecule has 0 aromatic heterocycles. The number of likely N-dealkylation sites (tertiary alicyclic amines) is 1. The van der Waals surface area contributed by atoms with E-state index < -0.39 is 0 Å². The van der Waals surface area contributed by atoms with Gasteiger partial charge in [0.2, 0.25) is 5.24 Å². The SMILES string of the molecule is Cc1ccc(C(=O)N2CCCC(C(=O)Cl)C2)cc1C. The fourth-order valence-electron chi connectivity index (χ4n) is 2.40. The maximum Gasteiger partial charge on any atom is 0.253 e. The molecule has 0 aliphatic carbocycles. The smallest absolute Gasteiger partial charge is 0.253 e. The Kier molecular flexibility index (Phi) is 4.25. The summed E-state index contributed by atoms with van der Waals surface area (Å²) in [4.78, 5) is 25.4. The van der Waals surface area contributed by atoms with Crippen molar-refractivity contribution in [3.8, 4) is 0 Å². The number of piperidine rings is 1. The molecule has 0 spiro atoms. The highest BCUT2D eigenvalue weighted by Gasteiger charge is 2.27. The molecule has 3 nitrogen and oxygen atoms in total. The predicted molar refractivity (Wildman–Crippen MR) is 75.4 cm³/mol. The summed E-state index contributed by atoms with van der Waals surface area (Å²) >= 11 is 5.54. The van der Waals surface area contributed by atoms with Crippen LogP contribution in [0.15, 0.2) is 18.2 Å². The number of hydrogen-bond donors (Lipinski definition) is 0. The molecule has 102 valence electrons. The van der Waals surface area contributed by atoms with Crippen molar-refractivity contribution in [3.05, 3.63) is 34.9 Å². The molecule has 1 aliphatic rings. The first kappa shape index (κ1) is 14.1. The van der Waals surface area contributed by atoms with Crippen LogP contribution >= 0.6 is 11.6 Å². The Bertz CT molecular complexity index is 513. The van der Waals surface area contributed by atoms with Crippen molar-refractivity contribution in [2.24, 2.45) is 5.92 Å². The van der Waals surface area contributed by atoms with Crippen LogP contribution in [0, 0.1) is 19.8 Å². The molecule has 1 fully saturated rings. The predicted octanol–water partition coefficient (Wildman–Crippen LogP) is 2.92. The molecular formula is C15H18ClNO2. The first-order valence-corrected chi connectivity index (χ1v) is 6.92. The molecule has 1 aliphatic heterocycles. The number of carbonyl (C=O) groups is 2. The largest absolute Gasteiger partial charge is 0.338 e. The van der Waals surface area contributed by atoms with E-state index in [9.17, 15) is 9.59 Å². The van der Waals surface area contributed by atoms with Crippen molar-refractivity contribution < 1.29 is 9.59 Å². The lowest BCUT2D eigenvalue weighted by molar-refractivity contribution is -0.116. The zero-order valence-electron chi connectivity index (χ0n) is 11.3. The lowest BCUT2D eigenvalue weighted by Gasteiger charge is -2.31. The molecule has 19 heavy (non-hydrogen) atoms. The van der Waals surface area contributed by atoms with Gasteiger partial charge in [0.15, 0.2) is 0 Å². The van der Waals surface area contributed by atoms with E-state index >= 15 is 0 Å². The van der Waals surface area contributed by atoms with Gasteiger partial charge in [0.1, 0.15) is 0 Å². The molecule has 1 heterocycles. The number of amides is 1. The second-order valence-electron chi connectivity index (χ2n) is 5.19. The molecular weight excluding hydrogens is 262 g/mol. The van der Waals surface area contributed by atoms with Crippen LogP contribution in [0.25, 0.3) is 0 Å². The minimum atomic E-state index is -0.336. The Morgan fingerprint density at radius 3 is 2.63 bits per heavy atom. The first-order valence-electron chi connectivity index (χ1n) is 6.55. The molecule has 1 unspecified atom stereocenters. The molecule has 0 bridgehead atoms. The molecule has 1 aromatic rings. The van der Waals surface area contributed by atoms with E-state index in [0.29, 0.717) is 18.7 Å². The molecule has 4 heteroatoms. The van der Waals surface area contributed by atoms with Gasteiger partial charge in [0, 0.05) is 18.7 Å². The minimum Gasteiger partial charge on any atom is -0.338 e. The van der Waals surface area contributed by atoms with Gasteiger partial charge in [0.05, 0.1) is 5.92 Å². The number of rotatable bonds is 2. The lowest BCUT2D eigenvalue weighted by atomic mass is 9.98. The Hall–Kier alpha value is -1.35. The van der Waals surface area contributed by atoms with E-state index in [0.717, 1.165) is 18.4 Å². The van der Waals surface area contributed by atoms with Crippen molar-refractivity contribution in [2.45, 2.75) is 26.7 Å². The van der Waals surface area contributed by atoms with Crippen molar-refractivity contribution in [2.75, 3.05) is 13.1 Å². The van der Waals surface area contributed by atoms with Crippen LogP contribution in [0.2, 0.25) is 0 Å². The van der Waals surface area contributed by atoms with Gasteiger partial charge in [-0.15, -0.1) is 0 Å². The summed E-state index contributed by atoms with van der Waals surface area (Å²) in [6.45, 7) is 5.15. The first-order chi connectivity index (χ1) is 8.99. The van der Waals surface area contributed by atoms with Crippen LogP contribution < -0.4 is 0 Å². The van der Waals surface area contributed by atoms with Crippen LogP contribution in [-0.2, 0) is 4.79 Å². The fourth-order valence-corrected chi connectivity index (χ4v) is 2.58. The summed E-state index contributed by atoms with van der Waals surface area (Å²) in [6.07, 6.45) is 1.61. The molecule has 1 aromatic carbocycles. The second kappa shape index (κ2) is 5.74. The van der Waals surface area contributed by atoms with E-state index in [1.54, 1.807) is 4.90 Å². The second-order valence-corrected chi connectivity index (χ2v) is 5.57. The van der Waals surface area contributed by atoms with Crippen LogP contribution in [0.1, 0.15) is 34.3 Å². The van der Waals surface area contributed by atoms with Gasteiger partial charge in [-0.2, -0.15) is 0 Å². The molecule has 2 rings (SSSR count). The van der Waals surface area contributed by atoms with Gasteiger partial charge >= 0.3 is 0 Å². The molecule has 1 saturated heterocycles. The third-order valence-electron chi connectivity index (χ3n) is 3.78. The number of hydrogen-bond acceptors (Lipinski definition) is 2. The summed E-state index contributed by atoms with van der Waals surface area (Å²) in [6, 6.07) is 5.71. The highest BCUT2D eigenvalue weighted by Crippen LogP contribution is 2.21. The van der Waals surface area contributed by atoms with Gasteiger partial charge in [-0.05, 0) is 61.5 Å². The monoisotopic (exact) mass is 279 g/mol. The van der Waals surface area contributed by atoms with Gasteiger partial charge in [-0.3, -0.25) is 9.59 Å². The number of aryl methyl sites for hydroxylation is 2. The lowest BCUT2D eigenvalue weighted by Crippen LogP contribution is -2.41. The average molecular weight is 280 g/mol. The maximum atomic E-state index is 12.4. The maximum absolute atomic E-state index is 12.4. The Labute approximate surface area is 118 Å². The fraction of sp³-hybridized carbons (Fsp3) is 0.467. The van der Waals surface area contributed by atoms with Crippen LogP contribution in [0.4, 0.5) is 0 Å². The molecule has 0 radical (unpaired) electrons. The van der Waals surface area contributed by atoms with E-state index in [4.69, 9.17) is 11.6 Å². The third kappa shape index (κ3) is 3.16. The highest BCUT2D eigenvalue weighted by atomic mass is 35.5. The van der Waals surface area contributed by atoms with Crippen LogP contribution in [-0.4, -0.2) is 29.1 Å². The van der Waals surface area contributed by atoms with Gasteiger partial charge < -0.3 is 4.90 Å². The molecule has 1 amide bonds. The quantitative estimate of drug-likeness (QED) is 0.781. The molecule has 0 saturated carbocycles. The van der Waals surface area contributed by atoms with E-state index in [1.165, 1.54) is 5.56 Å². The Morgan fingerprint density at radius 1 is 1.26 bits per heavy atom. The molecule has 1 atom stereocenters. The third-order valence-corrected chi connectivity index (χ3v) is 4.09. The summed E-state index contributed by atoms with van der Waals surface area (Å²) in [5.41, 5.74) is 2.96. The number of benzene rings is 1. The zero-order chi connectivity index (χ0) is 14.0. The zero-order valence-corrected chi connectivity index (χ0v) is 12.0. The Balaban J connectivity index is 2.14. The van der Waals surface area contributed by atoms with Gasteiger partial charge in [0.25, 0.3) is 5.91 Å². The van der Waals surface area contributed by atoms with E-state index in [2.05, 4.69) is 0 Å². The normalized spacial score (nSPS) is 19.3. The van der Waals surface area contributed by atoms with Gasteiger partial charge in [-0.25, -0.2) is 0 Å². The van der Waals surface area contributed by atoms with Crippen molar-refractivity contribution >= 4 is 22.8 Å². The highest BCUT2D eigenvalue weighted by molar-refractivity contribution is 6.64. The summed E-state index contributed by atoms with van der Waals surface area (Å²) in [5.74, 6) is -0.225. The van der Waals surface area contributed by atoms with E-state index in [1.807, 2.05) is 32.0 Å². The number of carbonyl (C=O) groups excluding carboxylic acids is 2. The summed E-state index contributed by atoms with van der Waals surface area (Å²) in [7, 11) is 0. The minimum absolute atomic E-state index is 0.00860. The number of halogens is 1. The average Bonchev–Trinajstić information content (AvgIpc) is 2.41. The van der Waals surface area contributed by atoms with Crippen LogP contribution in [0.5, 0.6) is 0 Å². The van der Waals surface area contributed by atoms with Crippen molar-refractivity contribution in [1.29, 1.82) is 0 Å². The van der Waals surface area contributed by atoms with Crippen molar-refractivity contribution in [1.82, 2.24) is 4.90 Å². The van der Waals surface area contributed by atoms with E-state index in [-0.39, 0.29) is 17.1 Å². The standard InChI is InChI=1S/C15H18ClNO2/c1-10-5-6-12(8-11(10)2)15(19)17-7-3-4-13(9-17)14(16)18/h5-6,8,13H,3-4,7,9H2,1-2H3. The summed E-state index contributed by atoms with van der Waals surface area (Å²) in [5, 5.41) is -0.336. The topological polar surface area (TPSA) is 37.4 Å².